The van der Waals surface area contributed by atoms with Crippen LogP contribution < -0.4 is 0 Å². The van der Waals surface area contributed by atoms with E-state index in [-0.39, 0.29) is 11.8 Å². The summed E-state index contributed by atoms with van der Waals surface area (Å²) in [5.74, 6) is 0.278. The number of benzene rings is 2. The third-order valence-corrected chi connectivity index (χ3v) is 4.05. The van der Waals surface area contributed by atoms with Gasteiger partial charge in [-0.1, -0.05) is 41.9 Å². The number of hydrogen-bond donors (Lipinski definition) is 1. The molecular weight excluding hydrogens is 286 g/mol. The molecule has 1 saturated heterocycles. The van der Waals surface area contributed by atoms with E-state index >= 15 is 0 Å². The molecule has 1 atom stereocenters. The zero-order valence-electron chi connectivity index (χ0n) is 11.7. The van der Waals surface area contributed by atoms with E-state index in [0.29, 0.717) is 18.2 Å². The number of rotatable bonds is 3. The lowest BCUT2D eigenvalue weighted by Gasteiger charge is -2.35. The molecule has 1 N–H and O–H groups in total. The van der Waals surface area contributed by atoms with Gasteiger partial charge in [-0.15, -0.1) is 0 Å². The monoisotopic (exact) mass is 303 g/mol. The Kier molecular flexibility index (Phi) is 4.44. The maximum absolute atomic E-state index is 10.3. The quantitative estimate of drug-likeness (QED) is 0.942. The predicted molar refractivity (Wildman–Crippen MR) is 83.8 cm³/mol. The van der Waals surface area contributed by atoms with Crippen molar-refractivity contribution in [2.45, 2.75) is 6.04 Å². The van der Waals surface area contributed by atoms with Crippen molar-refractivity contribution in [3.05, 3.63) is 64.7 Å². The smallest absolute Gasteiger partial charge is 0.120 e. The van der Waals surface area contributed by atoms with E-state index < -0.39 is 0 Å². The van der Waals surface area contributed by atoms with Gasteiger partial charge in [-0.05, 0) is 23.8 Å². The van der Waals surface area contributed by atoms with Gasteiger partial charge in [-0.2, -0.15) is 0 Å². The molecule has 110 valence electrons. The fraction of sp³-hybridized carbons (Fsp3) is 0.294. The van der Waals surface area contributed by atoms with Crippen molar-refractivity contribution in [1.29, 1.82) is 0 Å². The minimum absolute atomic E-state index is 0.00574. The van der Waals surface area contributed by atoms with Crippen LogP contribution in [-0.4, -0.2) is 36.3 Å². The van der Waals surface area contributed by atoms with E-state index in [1.54, 1.807) is 12.1 Å². The number of morpholine rings is 1. The predicted octanol–water partition coefficient (Wildman–Crippen LogP) is 3.47. The number of hydrogen-bond acceptors (Lipinski definition) is 3. The van der Waals surface area contributed by atoms with Gasteiger partial charge in [-0.3, -0.25) is 4.90 Å². The molecule has 1 heterocycles. The zero-order chi connectivity index (χ0) is 14.7. The summed E-state index contributed by atoms with van der Waals surface area (Å²) in [5, 5.41) is 10.9. The number of nitrogens with zero attached hydrogens (tertiary/aromatic N) is 1. The topological polar surface area (TPSA) is 32.7 Å². The SMILES string of the molecule is Oc1ccc(Cl)cc1C(c1ccccc1)N1CCOCC1. The fourth-order valence-corrected chi connectivity index (χ4v) is 2.98. The van der Waals surface area contributed by atoms with E-state index in [2.05, 4.69) is 17.0 Å². The Morgan fingerprint density at radius 3 is 2.48 bits per heavy atom. The lowest BCUT2D eigenvalue weighted by atomic mass is 9.96. The molecule has 0 saturated carbocycles. The van der Waals surface area contributed by atoms with Crippen LogP contribution in [0.25, 0.3) is 0 Å². The molecule has 3 nitrogen and oxygen atoms in total. The van der Waals surface area contributed by atoms with Crippen molar-refractivity contribution in [2.75, 3.05) is 26.3 Å². The minimum Gasteiger partial charge on any atom is -0.508 e. The first-order valence-electron chi connectivity index (χ1n) is 7.11. The first kappa shape index (κ1) is 14.4. The molecule has 2 aromatic carbocycles. The van der Waals surface area contributed by atoms with Gasteiger partial charge in [0.15, 0.2) is 0 Å². The summed E-state index contributed by atoms with van der Waals surface area (Å²) < 4.78 is 5.45. The van der Waals surface area contributed by atoms with E-state index in [1.165, 1.54) is 0 Å². The number of aromatic hydroxyl groups is 1. The maximum Gasteiger partial charge on any atom is 0.120 e. The molecule has 0 bridgehead atoms. The molecule has 2 aromatic rings. The summed E-state index contributed by atoms with van der Waals surface area (Å²) in [5.41, 5.74) is 1.99. The van der Waals surface area contributed by atoms with Gasteiger partial charge in [0.1, 0.15) is 5.75 Å². The molecule has 21 heavy (non-hydrogen) atoms. The van der Waals surface area contributed by atoms with Crippen LogP contribution in [0.5, 0.6) is 5.75 Å². The molecule has 1 aliphatic heterocycles. The standard InChI is InChI=1S/C17H18ClNO2/c18-14-6-7-16(20)15(12-14)17(13-4-2-1-3-5-13)19-8-10-21-11-9-19/h1-7,12,17,20H,8-11H2. The molecule has 3 rings (SSSR count). The number of phenolic OH excluding ortho intramolecular Hbond substituents is 1. The Balaban J connectivity index is 2.05. The van der Waals surface area contributed by atoms with Gasteiger partial charge in [0.2, 0.25) is 0 Å². The third-order valence-electron chi connectivity index (χ3n) is 3.81. The average Bonchev–Trinajstić information content (AvgIpc) is 2.53. The first-order chi connectivity index (χ1) is 10.3. The molecule has 0 spiro atoms. The molecule has 1 fully saturated rings. The molecule has 1 unspecified atom stereocenters. The van der Waals surface area contributed by atoms with E-state index in [4.69, 9.17) is 16.3 Å². The van der Waals surface area contributed by atoms with Crippen LogP contribution in [-0.2, 0) is 4.74 Å². The van der Waals surface area contributed by atoms with Crippen molar-refractivity contribution in [2.24, 2.45) is 0 Å². The van der Waals surface area contributed by atoms with Gasteiger partial charge in [-0.25, -0.2) is 0 Å². The summed E-state index contributed by atoms with van der Waals surface area (Å²) in [6.07, 6.45) is 0. The van der Waals surface area contributed by atoms with Gasteiger partial charge in [0.05, 0.1) is 19.3 Å². The third kappa shape index (κ3) is 3.21. The molecule has 1 aliphatic rings. The van der Waals surface area contributed by atoms with Crippen molar-refractivity contribution in [3.8, 4) is 5.75 Å². The highest BCUT2D eigenvalue weighted by Gasteiger charge is 2.26. The second-order valence-corrected chi connectivity index (χ2v) is 5.60. The fourth-order valence-electron chi connectivity index (χ4n) is 2.80. The number of halogens is 1. The van der Waals surface area contributed by atoms with Crippen molar-refractivity contribution in [3.63, 3.8) is 0 Å². The normalized spacial score (nSPS) is 17.6. The molecular formula is C17H18ClNO2. The lowest BCUT2D eigenvalue weighted by molar-refractivity contribution is 0.0235. The van der Waals surface area contributed by atoms with Crippen molar-refractivity contribution < 1.29 is 9.84 Å². The first-order valence-corrected chi connectivity index (χ1v) is 7.48. The molecule has 0 aromatic heterocycles. The largest absolute Gasteiger partial charge is 0.508 e. The summed E-state index contributed by atoms with van der Waals surface area (Å²) in [4.78, 5) is 2.32. The van der Waals surface area contributed by atoms with Crippen LogP contribution in [0.4, 0.5) is 0 Å². The Labute approximate surface area is 129 Å². The molecule has 0 amide bonds. The molecule has 0 radical (unpaired) electrons. The van der Waals surface area contributed by atoms with Crippen LogP contribution in [0.2, 0.25) is 5.02 Å². The Morgan fingerprint density at radius 2 is 1.76 bits per heavy atom. The Bertz CT molecular complexity index is 597. The Morgan fingerprint density at radius 1 is 1.05 bits per heavy atom. The van der Waals surface area contributed by atoms with Crippen molar-refractivity contribution in [1.82, 2.24) is 4.90 Å². The van der Waals surface area contributed by atoms with Gasteiger partial charge in [0.25, 0.3) is 0 Å². The van der Waals surface area contributed by atoms with Crippen LogP contribution in [0.1, 0.15) is 17.2 Å². The second-order valence-electron chi connectivity index (χ2n) is 5.16. The molecule has 4 heteroatoms. The van der Waals surface area contributed by atoms with E-state index in [1.807, 2.05) is 24.3 Å². The minimum atomic E-state index is -0.00574. The number of phenols is 1. The summed E-state index contributed by atoms with van der Waals surface area (Å²) >= 11 is 6.13. The van der Waals surface area contributed by atoms with Gasteiger partial charge in [0, 0.05) is 23.7 Å². The lowest BCUT2D eigenvalue weighted by Crippen LogP contribution is -2.39. The van der Waals surface area contributed by atoms with Gasteiger partial charge >= 0.3 is 0 Å². The maximum atomic E-state index is 10.3. The summed E-state index contributed by atoms with van der Waals surface area (Å²) in [6, 6.07) is 15.4. The molecule has 0 aliphatic carbocycles. The summed E-state index contributed by atoms with van der Waals surface area (Å²) in [6.45, 7) is 3.10. The highest BCUT2D eigenvalue weighted by Crippen LogP contribution is 2.36. The number of ether oxygens (including phenoxy) is 1. The highest BCUT2D eigenvalue weighted by molar-refractivity contribution is 6.30. The van der Waals surface area contributed by atoms with E-state index in [9.17, 15) is 5.11 Å². The van der Waals surface area contributed by atoms with Crippen LogP contribution >= 0.6 is 11.6 Å². The second kappa shape index (κ2) is 6.48. The van der Waals surface area contributed by atoms with Crippen molar-refractivity contribution >= 4 is 11.6 Å². The highest BCUT2D eigenvalue weighted by atomic mass is 35.5. The van der Waals surface area contributed by atoms with Crippen LogP contribution in [0.15, 0.2) is 48.5 Å². The Hall–Kier alpha value is -1.55. The van der Waals surface area contributed by atoms with Gasteiger partial charge < -0.3 is 9.84 Å². The van der Waals surface area contributed by atoms with E-state index in [0.717, 1.165) is 24.2 Å². The van der Waals surface area contributed by atoms with Crippen LogP contribution in [0, 0.1) is 0 Å². The average molecular weight is 304 g/mol. The van der Waals surface area contributed by atoms with Crippen LogP contribution in [0.3, 0.4) is 0 Å². The summed E-state index contributed by atoms with van der Waals surface area (Å²) in [7, 11) is 0. The zero-order valence-corrected chi connectivity index (χ0v) is 12.5.